The van der Waals surface area contributed by atoms with Crippen LogP contribution in [0.15, 0.2) is 24.8 Å². The van der Waals surface area contributed by atoms with Gasteiger partial charge in [0.2, 0.25) is 0 Å². The molecule has 1 aromatic carbocycles. The third-order valence-corrected chi connectivity index (χ3v) is 1.48. The maximum atomic E-state index is 12.7. The molecule has 2 nitrogen and oxygen atoms in total. The number of halogens is 2. The molecule has 0 atom stereocenters. The Labute approximate surface area is 73.1 Å². The van der Waals surface area contributed by atoms with Crippen LogP contribution in [0.3, 0.4) is 0 Å². The molecule has 0 aliphatic carbocycles. The highest BCUT2D eigenvalue weighted by molar-refractivity contribution is 6.06. The van der Waals surface area contributed by atoms with E-state index in [2.05, 4.69) is 6.58 Å². The second-order valence-corrected chi connectivity index (χ2v) is 2.35. The number of hydrogen-bond acceptors (Lipinski definition) is 2. The molecule has 4 heteroatoms. The van der Waals surface area contributed by atoms with Crippen LogP contribution in [0.2, 0.25) is 0 Å². The van der Waals surface area contributed by atoms with Gasteiger partial charge < -0.3 is 5.11 Å². The first-order chi connectivity index (χ1) is 6.06. The Morgan fingerprint density at radius 2 is 2.08 bits per heavy atom. The summed E-state index contributed by atoms with van der Waals surface area (Å²) in [6.07, 6.45) is 0.869. The van der Waals surface area contributed by atoms with E-state index in [1.54, 1.807) is 0 Å². The number of benzene rings is 1. The highest BCUT2D eigenvalue weighted by Gasteiger charge is 2.13. The van der Waals surface area contributed by atoms with Gasteiger partial charge in [0.15, 0.2) is 17.3 Å². The van der Waals surface area contributed by atoms with Crippen LogP contribution in [-0.4, -0.2) is 10.9 Å². The van der Waals surface area contributed by atoms with Gasteiger partial charge in [-0.15, -0.1) is 0 Å². The van der Waals surface area contributed by atoms with Crippen molar-refractivity contribution in [2.24, 2.45) is 0 Å². The van der Waals surface area contributed by atoms with Crippen molar-refractivity contribution in [1.82, 2.24) is 0 Å². The standard InChI is InChI=1S/C9H6F2O2/c1-2-8(12)6-3-5(10)4-7(11)9(6)13/h2-4,13H,1H2. The number of carbonyl (C=O) groups is 1. The van der Waals surface area contributed by atoms with Gasteiger partial charge in [-0.05, 0) is 12.1 Å². The topological polar surface area (TPSA) is 37.3 Å². The first-order valence-electron chi connectivity index (χ1n) is 3.41. The van der Waals surface area contributed by atoms with Gasteiger partial charge in [-0.3, -0.25) is 4.79 Å². The molecule has 0 radical (unpaired) electrons. The average molecular weight is 184 g/mol. The number of hydrogen-bond donors (Lipinski definition) is 1. The first-order valence-corrected chi connectivity index (χ1v) is 3.41. The predicted octanol–water partition coefficient (Wildman–Crippen LogP) is 2.04. The van der Waals surface area contributed by atoms with Crippen molar-refractivity contribution in [3.8, 4) is 5.75 Å². The van der Waals surface area contributed by atoms with Crippen LogP contribution in [0.25, 0.3) is 0 Å². The van der Waals surface area contributed by atoms with E-state index in [0.717, 1.165) is 12.1 Å². The number of phenolic OH excluding ortho intramolecular Hbond substituents is 1. The molecule has 0 bridgehead atoms. The monoisotopic (exact) mass is 184 g/mol. The molecule has 1 rings (SSSR count). The smallest absolute Gasteiger partial charge is 0.189 e. The second-order valence-electron chi connectivity index (χ2n) is 2.35. The van der Waals surface area contributed by atoms with Crippen molar-refractivity contribution < 1.29 is 18.7 Å². The zero-order valence-corrected chi connectivity index (χ0v) is 6.55. The fourth-order valence-electron chi connectivity index (χ4n) is 0.864. The lowest BCUT2D eigenvalue weighted by Gasteiger charge is -2.01. The Hall–Kier alpha value is -1.71. The predicted molar refractivity (Wildman–Crippen MR) is 42.6 cm³/mol. The largest absolute Gasteiger partial charge is 0.504 e. The van der Waals surface area contributed by atoms with Crippen LogP contribution in [0.1, 0.15) is 10.4 Å². The zero-order valence-electron chi connectivity index (χ0n) is 6.55. The minimum absolute atomic E-state index is 0.424. The number of ketones is 1. The Morgan fingerprint density at radius 3 is 2.62 bits per heavy atom. The van der Waals surface area contributed by atoms with E-state index in [4.69, 9.17) is 5.11 Å². The SMILES string of the molecule is C=CC(=O)c1cc(F)cc(F)c1O. The van der Waals surface area contributed by atoms with Gasteiger partial charge in [-0.25, -0.2) is 8.78 Å². The lowest BCUT2D eigenvalue weighted by atomic mass is 10.1. The summed E-state index contributed by atoms with van der Waals surface area (Å²) in [6.45, 7) is 3.13. The van der Waals surface area contributed by atoms with Crippen molar-refractivity contribution >= 4 is 5.78 Å². The molecule has 68 valence electrons. The summed E-state index contributed by atoms with van der Waals surface area (Å²) in [7, 11) is 0. The van der Waals surface area contributed by atoms with Crippen molar-refractivity contribution in [2.75, 3.05) is 0 Å². The molecule has 0 amide bonds. The van der Waals surface area contributed by atoms with E-state index in [1.807, 2.05) is 0 Å². The fourth-order valence-corrected chi connectivity index (χ4v) is 0.864. The van der Waals surface area contributed by atoms with Gasteiger partial charge in [0, 0.05) is 6.07 Å². The molecular weight excluding hydrogens is 178 g/mol. The molecule has 0 aromatic heterocycles. The molecular formula is C9H6F2O2. The molecule has 0 fully saturated rings. The van der Waals surface area contributed by atoms with Gasteiger partial charge in [0.05, 0.1) is 5.56 Å². The normalized spacial score (nSPS) is 9.69. The summed E-state index contributed by atoms with van der Waals surface area (Å²) >= 11 is 0. The van der Waals surface area contributed by atoms with Crippen LogP contribution in [0.5, 0.6) is 5.75 Å². The quantitative estimate of drug-likeness (QED) is 0.564. The molecule has 0 aliphatic rings. The number of rotatable bonds is 2. The Bertz CT molecular complexity index is 372. The molecule has 0 saturated carbocycles. The fraction of sp³-hybridized carbons (Fsp3) is 0. The van der Waals surface area contributed by atoms with Gasteiger partial charge in [0.25, 0.3) is 0 Å². The summed E-state index contributed by atoms with van der Waals surface area (Å²) in [5.74, 6) is -3.66. The minimum atomic E-state index is -1.16. The number of allylic oxidation sites excluding steroid dienone is 1. The Kier molecular flexibility index (Phi) is 2.41. The lowest BCUT2D eigenvalue weighted by Crippen LogP contribution is -1.97. The van der Waals surface area contributed by atoms with Crippen molar-refractivity contribution in [3.05, 3.63) is 42.0 Å². The van der Waals surface area contributed by atoms with Crippen LogP contribution in [0, 0.1) is 11.6 Å². The summed E-state index contributed by atoms with van der Waals surface area (Å²) < 4.78 is 25.2. The summed E-state index contributed by atoms with van der Waals surface area (Å²) in [5, 5.41) is 9.01. The third kappa shape index (κ3) is 1.72. The van der Waals surface area contributed by atoms with Gasteiger partial charge >= 0.3 is 0 Å². The van der Waals surface area contributed by atoms with E-state index in [-0.39, 0.29) is 0 Å². The first kappa shape index (κ1) is 9.38. The number of carbonyl (C=O) groups excluding carboxylic acids is 1. The Morgan fingerprint density at radius 1 is 1.46 bits per heavy atom. The van der Waals surface area contributed by atoms with Crippen LogP contribution in [0.4, 0.5) is 8.78 Å². The molecule has 0 saturated heterocycles. The molecule has 0 heterocycles. The number of phenols is 1. The summed E-state index contributed by atoms with van der Waals surface area (Å²) in [6, 6.07) is 1.25. The van der Waals surface area contributed by atoms with Crippen LogP contribution >= 0.6 is 0 Å². The van der Waals surface area contributed by atoms with Crippen LogP contribution < -0.4 is 0 Å². The van der Waals surface area contributed by atoms with Gasteiger partial charge in [0.1, 0.15) is 5.82 Å². The molecule has 1 aromatic rings. The molecule has 0 spiro atoms. The van der Waals surface area contributed by atoms with E-state index >= 15 is 0 Å². The van der Waals surface area contributed by atoms with Gasteiger partial charge in [-0.1, -0.05) is 6.58 Å². The maximum Gasteiger partial charge on any atom is 0.189 e. The third-order valence-electron chi connectivity index (χ3n) is 1.48. The van der Waals surface area contributed by atoms with E-state index in [9.17, 15) is 13.6 Å². The highest BCUT2D eigenvalue weighted by atomic mass is 19.1. The maximum absolute atomic E-state index is 12.7. The molecule has 0 aliphatic heterocycles. The summed E-state index contributed by atoms with van der Waals surface area (Å²) in [5.41, 5.74) is -0.424. The van der Waals surface area contributed by atoms with E-state index < -0.39 is 28.7 Å². The molecule has 1 N–H and O–H groups in total. The van der Waals surface area contributed by atoms with Crippen molar-refractivity contribution in [3.63, 3.8) is 0 Å². The van der Waals surface area contributed by atoms with Crippen molar-refractivity contribution in [1.29, 1.82) is 0 Å². The van der Waals surface area contributed by atoms with Gasteiger partial charge in [-0.2, -0.15) is 0 Å². The zero-order chi connectivity index (χ0) is 10.0. The minimum Gasteiger partial charge on any atom is -0.504 e. The Balaban J connectivity index is 3.36. The van der Waals surface area contributed by atoms with E-state index in [0.29, 0.717) is 6.07 Å². The highest BCUT2D eigenvalue weighted by Crippen LogP contribution is 2.23. The second kappa shape index (κ2) is 3.35. The molecule has 0 unspecified atom stereocenters. The molecule has 13 heavy (non-hydrogen) atoms. The average Bonchev–Trinajstić information content (AvgIpc) is 2.10. The summed E-state index contributed by atoms with van der Waals surface area (Å²) in [4.78, 5) is 10.9. The number of aromatic hydroxyl groups is 1. The van der Waals surface area contributed by atoms with Crippen molar-refractivity contribution in [2.45, 2.75) is 0 Å². The van der Waals surface area contributed by atoms with E-state index in [1.165, 1.54) is 0 Å². The van der Waals surface area contributed by atoms with Crippen LogP contribution in [-0.2, 0) is 0 Å². The lowest BCUT2D eigenvalue weighted by molar-refractivity contribution is 0.104.